The number of amides is 2. The average molecular weight is 306 g/mol. The number of rotatable bonds is 4. The summed E-state index contributed by atoms with van der Waals surface area (Å²) < 4.78 is 13.0. The number of hydrogen-bond donors (Lipinski definition) is 3. The lowest BCUT2D eigenvalue weighted by molar-refractivity contribution is 0.117. The van der Waals surface area contributed by atoms with Gasteiger partial charge in [-0.2, -0.15) is 0 Å². The van der Waals surface area contributed by atoms with Crippen LogP contribution in [0.25, 0.3) is 0 Å². The SMILES string of the molecule is O=C(NCC1(c2ccc(F)cc2)CC1)NC1CCC(O)CC1. The van der Waals surface area contributed by atoms with Crippen LogP contribution in [0.5, 0.6) is 0 Å². The van der Waals surface area contributed by atoms with E-state index in [2.05, 4.69) is 10.6 Å². The third-order valence-electron chi connectivity index (χ3n) is 4.93. The zero-order valence-corrected chi connectivity index (χ0v) is 12.6. The minimum Gasteiger partial charge on any atom is -0.393 e. The summed E-state index contributed by atoms with van der Waals surface area (Å²) in [6.07, 6.45) is 5.00. The smallest absolute Gasteiger partial charge is 0.315 e. The molecule has 0 atom stereocenters. The second-order valence-electron chi connectivity index (χ2n) is 6.62. The molecule has 2 fully saturated rings. The monoisotopic (exact) mass is 306 g/mol. The predicted octanol–water partition coefficient (Wildman–Crippen LogP) is 2.46. The van der Waals surface area contributed by atoms with Gasteiger partial charge in [0.1, 0.15) is 5.82 Å². The second-order valence-corrected chi connectivity index (χ2v) is 6.62. The molecular weight excluding hydrogens is 283 g/mol. The third-order valence-corrected chi connectivity index (χ3v) is 4.93. The number of aliphatic hydroxyl groups is 1. The third kappa shape index (κ3) is 3.58. The molecule has 5 heteroatoms. The fraction of sp³-hybridized carbons (Fsp3) is 0.588. The van der Waals surface area contributed by atoms with Crippen molar-refractivity contribution < 1.29 is 14.3 Å². The predicted molar refractivity (Wildman–Crippen MR) is 82.1 cm³/mol. The fourth-order valence-corrected chi connectivity index (χ4v) is 3.23. The maximum Gasteiger partial charge on any atom is 0.315 e. The second kappa shape index (κ2) is 6.24. The summed E-state index contributed by atoms with van der Waals surface area (Å²) in [4.78, 5) is 12.0. The molecule has 120 valence electrons. The molecule has 2 saturated carbocycles. The van der Waals surface area contributed by atoms with Crippen molar-refractivity contribution in [2.24, 2.45) is 0 Å². The quantitative estimate of drug-likeness (QED) is 0.800. The van der Waals surface area contributed by atoms with Gasteiger partial charge in [-0.05, 0) is 56.2 Å². The van der Waals surface area contributed by atoms with E-state index in [1.54, 1.807) is 0 Å². The van der Waals surface area contributed by atoms with E-state index in [4.69, 9.17) is 0 Å². The van der Waals surface area contributed by atoms with Crippen molar-refractivity contribution in [1.29, 1.82) is 0 Å². The first-order valence-electron chi connectivity index (χ1n) is 8.06. The molecule has 3 N–H and O–H groups in total. The van der Waals surface area contributed by atoms with E-state index in [1.165, 1.54) is 12.1 Å². The van der Waals surface area contributed by atoms with E-state index in [-0.39, 0.29) is 29.4 Å². The number of benzene rings is 1. The van der Waals surface area contributed by atoms with Crippen LogP contribution >= 0.6 is 0 Å². The van der Waals surface area contributed by atoms with Crippen LogP contribution in [0.15, 0.2) is 24.3 Å². The number of aliphatic hydroxyl groups excluding tert-OH is 1. The zero-order valence-electron chi connectivity index (χ0n) is 12.6. The Morgan fingerprint density at radius 1 is 1.18 bits per heavy atom. The molecular formula is C17H23FN2O2. The molecule has 2 aliphatic rings. The first kappa shape index (κ1) is 15.3. The molecule has 0 unspecified atom stereocenters. The topological polar surface area (TPSA) is 61.4 Å². The first-order valence-corrected chi connectivity index (χ1v) is 8.06. The normalized spacial score (nSPS) is 26.3. The van der Waals surface area contributed by atoms with Crippen molar-refractivity contribution in [2.45, 2.75) is 56.1 Å². The van der Waals surface area contributed by atoms with Gasteiger partial charge in [-0.25, -0.2) is 9.18 Å². The highest BCUT2D eigenvalue weighted by atomic mass is 19.1. The van der Waals surface area contributed by atoms with Crippen molar-refractivity contribution in [3.05, 3.63) is 35.6 Å². The Morgan fingerprint density at radius 2 is 1.82 bits per heavy atom. The molecule has 3 rings (SSSR count). The number of halogens is 1. The molecule has 0 aromatic heterocycles. The summed E-state index contributed by atoms with van der Waals surface area (Å²) in [6.45, 7) is 0.583. The van der Waals surface area contributed by atoms with Gasteiger partial charge in [0.15, 0.2) is 0 Å². The summed E-state index contributed by atoms with van der Waals surface area (Å²) in [5.41, 5.74) is 1.07. The van der Waals surface area contributed by atoms with Crippen molar-refractivity contribution in [2.75, 3.05) is 6.54 Å². The molecule has 1 aromatic rings. The van der Waals surface area contributed by atoms with Crippen LogP contribution in [0.3, 0.4) is 0 Å². The molecule has 0 radical (unpaired) electrons. The zero-order chi connectivity index (χ0) is 15.6. The fourth-order valence-electron chi connectivity index (χ4n) is 3.23. The molecule has 2 aliphatic carbocycles. The maximum absolute atomic E-state index is 13.0. The van der Waals surface area contributed by atoms with Crippen LogP contribution in [0.4, 0.5) is 9.18 Å². The Morgan fingerprint density at radius 3 is 2.41 bits per heavy atom. The molecule has 4 nitrogen and oxygen atoms in total. The standard InChI is InChI=1S/C17H23FN2O2/c18-13-3-1-12(2-4-13)17(9-10-17)11-19-16(22)20-14-5-7-15(21)8-6-14/h1-4,14-15,21H,5-11H2,(H2,19,20,22). The molecule has 22 heavy (non-hydrogen) atoms. The molecule has 0 spiro atoms. The minimum atomic E-state index is -0.232. The number of hydrogen-bond acceptors (Lipinski definition) is 2. The van der Waals surface area contributed by atoms with Gasteiger partial charge in [0, 0.05) is 18.0 Å². The number of urea groups is 1. The lowest BCUT2D eigenvalue weighted by Crippen LogP contribution is -2.46. The summed E-state index contributed by atoms with van der Waals surface area (Å²) in [5, 5.41) is 15.4. The minimum absolute atomic E-state index is 0.0200. The van der Waals surface area contributed by atoms with Gasteiger partial charge in [-0.3, -0.25) is 0 Å². The first-order chi connectivity index (χ1) is 10.6. The van der Waals surface area contributed by atoms with Gasteiger partial charge in [0.25, 0.3) is 0 Å². The summed E-state index contributed by atoms with van der Waals surface area (Å²) in [5.74, 6) is -0.232. The van der Waals surface area contributed by atoms with Gasteiger partial charge in [-0.1, -0.05) is 12.1 Å². The van der Waals surface area contributed by atoms with Gasteiger partial charge in [-0.15, -0.1) is 0 Å². The average Bonchev–Trinajstić information content (AvgIpc) is 3.30. The Kier molecular flexibility index (Phi) is 4.34. The summed E-state index contributed by atoms with van der Waals surface area (Å²) in [6, 6.07) is 6.58. The summed E-state index contributed by atoms with van der Waals surface area (Å²) >= 11 is 0. The van der Waals surface area contributed by atoms with E-state index >= 15 is 0 Å². The maximum atomic E-state index is 13.0. The van der Waals surface area contributed by atoms with Crippen LogP contribution in [-0.2, 0) is 5.41 Å². The van der Waals surface area contributed by atoms with Crippen LogP contribution in [0.2, 0.25) is 0 Å². The molecule has 0 saturated heterocycles. The highest BCUT2D eigenvalue weighted by Crippen LogP contribution is 2.47. The molecule has 2 amide bonds. The van der Waals surface area contributed by atoms with Crippen molar-refractivity contribution >= 4 is 6.03 Å². The Labute approximate surface area is 130 Å². The van der Waals surface area contributed by atoms with Crippen LogP contribution in [0.1, 0.15) is 44.1 Å². The van der Waals surface area contributed by atoms with Gasteiger partial charge in [0.05, 0.1) is 6.10 Å². The Balaban J connectivity index is 1.47. The van der Waals surface area contributed by atoms with Crippen molar-refractivity contribution in [3.8, 4) is 0 Å². The van der Waals surface area contributed by atoms with Crippen molar-refractivity contribution in [3.63, 3.8) is 0 Å². The molecule has 0 heterocycles. The van der Waals surface area contributed by atoms with E-state index in [9.17, 15) is 14.3 Å². The van der Waals surface area contributed by atoms with E-state index in [1.807, 2.05) is 12.1 Å². The van der Waals surface area contributed by atoms with Gasteiger partial charge < -0.3 is 15.7 Å². The van der Waals surface area contributed by atoms with Crippen LogP contribution < -0.4 is 10.6 Å². The number of nitrogens with one attached hydrogen (secondary N) is 2. The highest BCUT2D eigenvalue weighted by Gasteiger charge is 2.44. The summed E-state index contributed by atoms with van der Waals surface area (Å²) in [7, 11) is 0. The molecule has 0 aliphatic heterocycles. The molecule has 0 bridgehead atoms. The van der Waals surface area contributed by atoms with E-state index in [0.29, 0.717) is 6.54 Å². The molecule has 1 aromatic carbocycles. The Hall–Kier alpha value is -1.62. The van der Waals surface area contributed by atoms with Crippen LogP contribution in [0, 0.1) is 5.82 Å². The van der Waals surface area contributed by atoms with Gasteiger partial charge >= 0.3 is 6.03 Å². The lowest BCUT2D eigenvalue weighted by Gasteiger charge is -2.26. The van der Waals surface area contributed by atoms with Crippen molar-refractivity contribution in [1.82, 2.24) is 10.6 Å². The highest BCUT2D eigenvalue weighted by molar-refractivity contribution is 5.74. The number of carbonyl (C=O) groups excluding carboxylic acids is 1. The number of carbonyl (C=O) groups is 1. The van der Waals surface area contributed by atoms with Crippen LogP contribution in [-0.4, -0.2) is 29.8 Å². The van der Waals surface area contributed by atoms with Gasteiger partial charge in [0.2, 0.25) is 0 Å². The largest absolute Gasteiger partial charge is 0.393 e. The van der Waals surface area contributed by atoms with E-state index in [0.717, 1.165) is 44.1 Å². The lowest BCUT2D eigenvalue weighted by atomic mass is 9.93. The van der Waals surface area contributed by atoms with E-state index < -0.39 is 0 Å². The Bertz CT molecular complexity index is 520.